The van der Waals surface area contributed by atoms with Crippen molar-refractivity contribution in [2.75, 3.05) is 0 Å². The van der Waals surface area contributed by atoms with E-state index in [1.54, 1.807) is 0 Å². The van der Waals surface area contributed by atoms with Gasteiger partial charge < -0.3 is 10.3 Å². The molecule has 1 heterocycles. The van der Waals surface area contributed by atoms with E-state index in [0.717, 1.165) is 43.4 Å². The monoisotopic (exact) mass is 274 g/mol. The van der Waals surface area contributed by atoms with E-state index in [2.05, 4.69) is 17.2 Å². The fourth-order valence-corrected chi connectivity index (χ4v) is 3.39. The first-order valence-electron chi connectivity index (χ1n) is 7.69. The largest absolute Gasteiger partial charge is 0.349 e. The van der Waals surface area contributed by atoms with Gasteiger partial charge in [-0.25, -0.2) is 0 Å². The van der Waals surface area contributed by atoms with Gasteiger partial charge in [0.1, 0.15) is 5.56 Å². The van der Waals surface area contributed by atoms with Crippen molar-refractivity contribution < 1.29 is 4.79 Å². The van der Waals surface area contributed by atoms with Crippen LogP contribution in [0.5, 0.6) is 0 Å². The van der Waals surface area contributed by atoms with Gasteiger partial charge in [0, 0.05) is 11.7 Å². The number of H-pyrrole nitrogens is 1. The van der Waals surface area contributed by atoms with E-state index in [0.29, 0.717) is 5.92 Å². The molecule has 1 atom stereocenters. The standard InChI is InChI=1S/C16H22N2O2/c1-10-6-7-14-11(8-10)9-13(16(20)18-14)15(19)17-12-4-2-3-5-12/h9-10,12H,2-8H2,1H3,(H,17,19)(H,18,20). The van der Waals surface area contributed by atoms with Crippen molar-refractivity contribution in [3.63, 3.8) is 0 Å². The maximum Gasteiger partial charge on any atom is 0.261 e. The van der Waals surface area contributed by atoms with Gasteiger partial charge in [-0.15, -0.1) is 0 Å². The molecule has 1 amide bonds. The van der Waals surface area contributed by atoms with E-state index in [1.165, 1.54) is 12.8 Å². The Bertz CT molecular complexity index is 570. The van der Waals surface area contributed by atoms with Crippen LogP contribution in [0.2, 0.25) is 0 Å². The first kappa shape index (κ1) is 13.4. The number of carbonyl (C=O) groups is 1. The minimum Gasteiger partial charge on any atom is -0.349 e. The number of amides is 1. The molecule has 0 saturated heterocycles. The number of carbonyl (C=O) groups excluding carboxylic acids is 1. The number of fused-ring (bicyclic) bond motifs is 1. The summed E-state index contributed by atoms with van der Waals surface area (Å²) in [5.74, 6) is 0.415. The Labute approximate surface area is 119 Å². The quantitative estimate of drug-likeness (QED) is 0.868. The molecule has 20 heavy (non-hydrogen) atoms. The predicted molar refractivity (Wildman–Crippen MR) is 78.0 cm³/mol. The molecular formula is C16H22N2O2. The lowest BCUT2D eigenvalue weighted by atomic mass is 9.87. The van der Waals surface area contributed by atoms with Gasteiger partial charge in [-0.05, 0) is 49.7 Å². The van der Waals surface area contributed by atoms with E-state index in [9.17, 15) is 9.59 Å². The average molecular weight is 274 g/mol. The molecule has 2 aliphatic rings. The van der Waals surface area contributed by atoms with Crippen LogP contribution in [0.15, 0.2) is 10.9 Å². The number of hydrogen-bond donors (Lipinski definition) is 2. The summed E-state index contributed by atoms with van der Waals surface area (Å²) in [7, 11) is 0. The predicted octanol–water partition coefficient (Wildman–Crippen LogP) is 2.17. The van der Waals surface area contributed by atoms with E-state index in [4.69, 9.17) is 0 Å². The second kappa shape index (κ2) is 5.43. The van der Waals surface area contributed by atoms with Crippen molar-refractivity contribution in [1.29, 1.82) is 0 Å². The van der Waals surface area contributed by atoms with Crippen LogP contribution in [0.4, 0.5) is 0 Å². The van der Waals surface area contributed by atoms with Crippen molar-refractivity contribution in [2.45, 2.75) is 57.9 Å². The van der Waals surface area contributed by atoms with Crippen LogP contribution in [-0.4, -0.2) is 16.9 Å². The first-order chi connectivity index (χ1) is 9.63. The Morgan fingerprint density at radius 2 is 2.05 bits per heavy atom. The van der Waals surface area contributed by atoms with E-state index in [1.807, 2.05) is 6.07 Å². The highest BCUT2D eigenvalue weighted by Gasteiger charge is 2.22. The van der Waals surface area contributed by atoms with Crippen LogP contribution in [0.25, 0.3) is 0 Å². The number of aromatic amines is 1. The van der Waals surface area contributed by atoms with Gasteiger partial charge in [-0.1, -0.05) is 19.8 Å². The Hall–Kier alpha value is -1.58. The fraction of sp³-hybridized carbons (Fsp3) is 0.625. The summed E-state index contributed by atoms with van der Waals surface area (Å²) in [4.78, 5) is 27.2. The Morgan fingerprint density at radius 3 is 2.80 bits per heavy atom. The van der Waals surface area contributed by atoms with E-state index >= 15 is 0 Å². The molecule has 1 aromatic rings. The second-order valence-corrected chi connectivity index (χ2v) is 6.32. The molecule has 2 aliphatic carbocycles. The zero-order chi connectivity index (χ0) is 14.1. The fourth-order valence-electron chi connectivity index (χ4n) is 3.39. The van der Waals surface area contributed by atoms with Gasteiger partial charge in [-0.2, -0.15) is 0 Å². The molecule has 1 fully saturated rings. The number of rotatable bonds is 2. The van der Waals surface area contributed by atoms with Crippen LogP contribution in [0.1, 0.15) is 60.6 Å². The molecule has 0 spiro atoms. The minimum absolute atomic E-state index is 0.209. The topological polar surface area (TPSA) is 62.0 Å². The molecule has 4 heteroatoms. The zero-order valence-electron chi connectivity index (χ0n) is 12.0. The lowest BCUT2D eigenvalue weighted by Gasteiger charge is -2.21. The van der Waals surface area contributed by atoms with E-state index in [-0.39, 0.29) is 23.1 Å². The highest BCUT2D eigenvalue weighted by atomic mass is 16.2. The Kier molecular flexibility index (Phi) is 3.64. The van der Waals surface area contributed by atoms with Crippen LogP contribution in [-0.2, 0) is 12.8 Å². The van der Waals surface area contributed by atoms with Crippen molar-refractivity contribution in [1.82, 2.24) is 10.3 Å². The molecular weight excluding hydrogens is 252 g/mol. The summed E-state index contributed by atoms with van der Waals surface area (Å²) < 4.78 is 0. The molecule has 2 N–H and O–H groups in total. The van der Waals surface area contributed by atoms with E-state index < -0.39 is 0 Å². The summed E-state index contributed by atoms with van der Waals surface area (Å²) in [5, 5.41) is 3.00. The summed E-state index contributed by atoms with van der Waals surface area (Å²) in [6.45, 7) is 2.21. The number of aromatic nitrogens is 1. The summed E-state index contributed by atoms with van der Waals surface area (Å²) >= 11 is 0. The molecule has 0 radical (unpaired) electrons. The van der Waals surface area contributed by atoms with Crippen LogP contribution < -0.4 is 10.9 Å². The van der Waals surface area contributed by atoms with Gasteiger partial charge in [0.2, 0.25) is 0 Å². The molecule has 3 rings (SSSR count). The van der Waals surface area contributed by atoms with Gasteiger partial charge in [-0.3, -0.25) is 9.59 Å². The maximum atomic E-state index is 12.3. The summed E-state index contributed by atoms with van der Waals surface area (Å²) in [6, 6.07) is 2.06. The lowest BCUT2D eigenvalue weighted by Crippen LogP contribution is -2.36. The van der Waals surface area contributed by atoms with Gasteiger partial charge >= 0.3 is 0 Å². The molecule has 4 nitrogen and oxygen atoms in total. The summed E-state index contributed by atoms with van der Waals surface area (Å²) in [5.41, 5.74) is 2.20. The molecule has 0 aromatic carbocycles. The van der Waals surface area contributed by atoms with Crippen molar-refractivity contribution >= 4 is 5.91 Å². The SMILES string of the molecule is CC1CCc2[nH]c(=O)c(C(=O)NC3CCCC3)cc2C1. The van der Waals surface area contributed by atoms with Crippen LogP contribution >= 0.6 is 0 Å². The number of hydrogen-bond acceptors (Lipinski definition) is 2. The zero-order valence-corrected chi connectivity index (χ0v) is 12.0. The van der Waals surface area contributed by atoms with Gasteiger partial charge in [0.05, 0.1) is 0 Å². The molecule has 1 saturated carbocycles. The third kappa shape index (κ3) is 2.65. The van der Waals surface area contributed by atoms with Crippen LogP contribution in [0, 0.1) is 5.92 Å². The number of aryl methyl sites for hydroxylation is 1. The van der Waals surface area contributed by atoms with Crippen molar-refractivity contribution in [3.8, 4) is 0 Å². The summed E-state index contributed by atoms with van der Waals surface area (Å²) in [6.07, 6.45) is 7.38. The van der Waals surface area contributed by atoms with Crippen LogP contribution in [0.3, 0.4) is 0 Å². The first-order valence-corrected chi connectivity index (χ1v) is 7.69. The molecule has 0 bridgehead atoms. The second-order valence-electron chi connectivity index (χ2n) is 6.32. The number of nitrogens with one attached hydrogen (secondary N) is 2. The lowest BCUT2D eigenvalue weighted by molar-refractivity contribution is 0.0936. The molecule has 1 unspecified atom stereocenters. The highest BCUT2D eigenvalue weighted by molar-refractivity contribution is 5.94. The normalized spacial score (nSPS) is 22.6. The van der Waals surface area contributed by atoms with Gasteiger partial charge in [0.15, 0.2) is 0 Å². The molecule has 0 aliphatic heterocycles. The van der Waals surface area contributed by atoms with Crippen molar-refractivity contribution in [2.24, 2.45) is 5.92 Å². The van der Waals surface area contributed by atoms with Crippen molar-refractivity contribution in [3.05, 3.63) is 33.2 Å². The Balaban J connectivity index is 1.83. The molecule has 108 valence electrons. The Morgan fingerprint density at radius 1 is 1.30 bits per heavy atom. The highest BCUT2D eigenvalue weighted by Crippen LogP contribution is 2.23. The molecule has 1 aromatic heterocycles. The van der Waals surface area contributed by atoms with Gasteiger partial charge in [0.25, 0.3) is 11.5 Å². The average Bonchev–Trinajstić information content (AvgIpc) is 2.91. The third-order valence-electron chi connectivity index (χ3n) is 4.61. The number of pyridine rings is 1. The maximum absolute atomic E-state index is 12.3. The third-order valence-corrected chi connectivity index (χ3v) is 4.61. The smallest absolute Gasteiger partial charge is 0.261 e. The minimum atomic E-state index is -0.242.